The molecule has 17 atom stereocenters. The Kier molecular flexibility index (Phi) is 14.7. The van der Waals surface area contributed by atoms with Crippen LogP contribution < -0.4 is 0 Å². The molecule has 3 aliphatic heterocycles. The van der Waals surface area contributed by atoms with Crippen LogP contribution in [0.5, 0.6) is 0 Å². The Morgan fingerprint density at radius 1 is 0.857 bits per heavy atom. The second-order valence-electron chi connectivity index (χ2n) is 16.2. The number of methoxy groups -OCH3 is 1. The summed E-state index contributed by atoms with van der Waals surface area (Å²) in [5.41, 5.74) is -2.20. The molecule has 0 aromatic rings. The molecule has 0 amide bonds. The van der Waals surface area contributed by atoms with Crippen molar-refractivity contribution < 1.29 is 53.3 Å². The van der Waals surface area contributed by atoms with Crippen LogP contribution in [0, 0.1) is 29.6 Å². The fraction of sp³-hybridized carbons (Fsp3) is 0.946. The Hall–Kier alpha value is -1.22. The number of cyclic esters (lactones) is 1. The van der Waals surface area contributed by atoms with Crippen molar-refractivity contribution in [3.63, 3.8) is 0 Å². The number of rotatable bonds is 7. The molecule has 0 radical (unpaired) electrons. The molecule has 0 spiro atoms. The fourth-order valence-corrected chi connectivity index (χ4v) is 8.41. The van der Waals surface area contributed by atoms with Crippen molar-refractivity contribution in [3.05, 3.63) is 0 Å². The summed E-state index contributed by atoms with van der Waals surface area (Å²) in [7, 11) is 5.42. The van der Waals surface area contributed by atoms with Gasteiger partial charge in [0.1, 0.15) is 18.0 Å². The van der Waals surface area contributed by atoms with Crippen molar-refractivity contribution in [3.8, 4) is 0 Å². The molecule has 3 fully saturated rings. The highest BCUT2D eigenvalue weighted by Gasteiger charge is 2.51. The zero-order valence-corrected chi connectivity index (χ0v) is 32.3. The van der Waals surface area contributed by atoms with Crippen LogP contribution in [-0.2, 0) is 38.0 Å². The van der Waals surface area contributed by atoms with Gasteiger partial charge in [0.15, 0.2) is 12.6 Å². The first-order chi connectivity index (χ1) is 22.7. The zero-order chi connectivity index (χ0) is 37.2. The van der Waals surface area contributed by atoms with Crippen molar-refractivity contribution in [2.75, 3.05) is 21.2 Å². The van der Waals surface area contributed by atoms with E-state index < -0.39 is 89.9 Å². The molecule has 3 saturated heterocycles. The zero-order valence-electron chi connectivity index (χ0n) is 32.3. The fourth-order valence-electron chi connectivity index (χ4n) is 8.41. The maximum absolute atomic E-state index is 14.0. The molecule has 0 aromatic carbocycles. The normalized spacial score (nSPS) is 48.2. The summed E-state index contributed by atoms with van der Waals surface area (Å²) in [4.78, 5) is 29.7. The lowest BCUT2D eigenvalue weighted by molar-refractivity contribution is -0.310. The number of hydrogen-bond donors (Lipinski definition) is 3. The molecule has 0 bridgehead atoms. The van der Waals surface area contributed by atoms with E-state index in [0.717, 1.165) is 0 Å². The Bertz CT molecular complexity index is 1090. The molecule has 12 nitrogen and oxygen atoms in total. The molecular weight excluding hydrogens is 634 g/mol. The second-order valence-corrected chi connectivity index (χ2v) is 16.2. The minimum absolute atomic E-state index is 0.0107. The van der Waals surface area contributed by atoms with Crippen molar-refractivity contribution in [2.45, 2.75) is 174 Å². The number of Topliss-reactive ketones (excluding diaryl/α,β-unsaturated/α-hetero) is 1. The summed E-state index contributed by atoms with van der Waals surface area (Å²) < 4.78 is 37.7. The Balaban J connectivity index is 2.14. The third kappa shape index (κ3) is 10.0. The van der Waals surface area contributed by atoms with Gasteiger partial charge in [-0.15, -0.1) is 0 Å². The van der Waals surface area contributed by atoms with Crippen molar-refractivity contribution in [2.24, 2.45) is 29.6 Å². The Labute approximate surface area is 294 Å². The van der Waals surface area contributed by atoms with E-state index in [9.17, 15) is 24.9 Å². The van der Waals surface area contributed by atoms with E-state index >= 15 is 0 Å². The standard InChI is InChI=1S/C37H67NO11/c1-14-27-22(5)30(40)23(6)29(39)19(2)16-37(10,43)33(49-35-31(41)26(38(11)12)15-20(3)46-35)24(7)32(25(8)34(42)47-27)48-28-18-36(9,44-13)17-21(4)45-28/h19-28,30-33,35,40-41,43H,14-18H2,1-13H3/t19-,20-,21+,22+,23-,24-,25-,26+,27+,28+,30+,31-,32+,33-,35+,36+,37-/m1/s1. The molecule has 286 valence electrons. The summed E-state index contributed by atoms with van der Waals surface area (Å²) in [6.07, 6.45) is -5.01. The summed E-state index contributed by atoms with van der Waals surface area (Å²) >= 11 is 0. The van der Waals surface area contributed by atoms with Gasteiger partial charge in [0.2, 0.25) is 0 Å². The van der Waals surface area contributed by atoms with Gasteiger partial charge in [-0.05, 0) is 68.0 Å². The van der Waals surface area contributed by atoms with E-state index in [4.69, 9.17) is 28.4 Å². The number of carbonyl (C=O) groups is 2. The molecule has 3 rings (SSSR count). The van der Waals surface area contributed by atoms with Crippen LogP contribution >= 0.6 is 0 Å². The minimum atomic E-state index is -1.68. The monoisotopic (exact) mass is 701 g/mol. The Morgan fingerprint density at radius 2 is 1.49 bits per heavy atom. The SMILES string of the molecule is CC[C@@H]1OC(=O)[C@H](C)[C@@H](O[C@H]2C[C@@](C)(OC)C[C@H](C)O2)[C@@H](C)[C@@H](O[C@@H]2O[C@H](C)C[C@H](N(C)C)[C@H]2O)[C@](C)(O)C[C@@H](C)C(=O)[C@@H](C)[C@@H](O)[C@H]1C. The average Bonchev–Trinajstić information content (AvgIpc) is 3.02. The number of hydrogen-bond acceptors (Lipinski definition) is 12. The third-order valence-electron chi connectivity index (χ3n) is 11.5. The molecule has 49 heavy (non-hydrogen) atoms. The van der Waals surface area contributed by atoms with Gasteiger partial charge in [-0.1, -0.05) is 34.6 Å². The number of ether oxygens (including phenoxy) is 6. The van der Waals surface area contributed by atoms with Crippen LogP contribution in [0.4, 0.5) is 0 Å². The van der Waals surface area contributed by atoms with E-state index in [-0.39, 0.29) is 30.5 Å². The highest BCUT2D eigenvalue weighted by Crippen LogP contribution is 2.40. The molecule has 0 saturated carbocycles. The van der Waals surface area contributed by atoms with E-state index in [1.165, 1.54) is 0 Å². The number of nitrogens with zero attached hydrogens (tertiary/aromatic N) is 1. The van der Waals surface area contributed by atoms with Crippen molar-refractivity contribution in [1.82, 2.24) is 4.90 Å². The van der Waals surface area contributed by atoms with Crippen LogP contribution in [0.25, 0.3) is 0 Å². The van der Waals surface area contributed by atoms with E-state index in [2.05, 4.69) is 0 Å². The predicted octanol–water partition coefficient (Wildman–Crippen LogP) is 3.70. The molecule has 0 aliphatic carbocycles. The van der Waals surface area contributed by atoms with Crippen LogP contribution in [-0.4, -0.2) is 126 Å². The number of ketones is 1. The number of aliphatic hydroxyl groups is 3. The minimum Gasteiger partial charge on any atom is -0.462 e. The first kappa shape index (κ1) is 42.2. The van der Waals surface area contributed by atoms with Crippen LogP contribution in [0.3, 0.4) is 0 Å². The second kappa shape index (κ2) is 17.1. The number of aliphatic hydroxyl groups excluding tert-OH is 2. The van der Waals surface area contributed by atoms with Gasteiger partial charge in [0.05, 0.1) is 47.6 Å². The average molecular weight is 702 g/mol. The maximum Gasteiger partial charge on any atom is 0.311 e. The van der Waals surface area contributed by atoms with E-state index in [1.54, 1.807) is 41.7 Å². The van der Waals surface area contributed by atoms with Gasteiger partial charge in [-0.25, -0.2) is 0 Å². The lowest BCUT2D eigenvalue weighted by Gasteiger charge is -2.48. The van der Waals surface area contributed by atoms with Crippen LogP contribution in [0.1, 0.15) is 101 Å². The van der Waals surface area contributed by atoms with Crippen molar-refractivity contribution in [1.29, 1.82) is 0 Å². The summed E-state index contributed by atoms with van der Waals surface area (Å²) in [5, 5.41) is 35.2. The number of likely N-dealkylation sites (N-methyl/N-ethyl adjacent to an activating group) is 1. The highest BCUT2D eigenvalue weighted by atomic mass is 16.7. The summed E-state index contributed by atoms with van der Waals surface area (Å²) in [6, 6.07) is -0.270. The predicted molar refractivity (Wildman–Crippen MR) is 183 cm³/mol. The van der Waals surface area contributed by atoms with Crippen LogP contribution in [0.15, 0.2) is 0 Å². The Morgan fingerprint density at radius 3 is 2.06 bits per heavy atom. The molecule has 12 heteroatoms. The smallest absolute Gasteiger partial charge is 0.311 e. The van der Waals surface area contributed by atoms with Gasteiger partial charge >= 0.3 is 5.97 Å². The third-order valence-corrected chi connectivity index (χ3v) is 11.5. The van der Waals surface area contributed by atoms with E-state index in [1.807, 2.05) is 53.6 Å². The van der Waals surface area contributed by atoms with Gasteiger partial charge in [-0.2, -0.15) is 0 Å². The lowest BCUT2D eigenvalue weighted by Crippen LogP contribution is -2.60. The quantitative estimate of drug-likeness (QED) is 0.332. The topological polar surface area (TPSA) is 153 Å². The summed E-state index contributed by atoms with van der Waals surface area (Å²) in [5.74, 6) is -4.29. The molecule has 3 N–H and O–H groups in total. The molecule has 0 unspecified atom stereocenters. The molecule has 3 heterocycles. The first-order valence-corrected chi connectivity index (χ1v) is 18.3. The number of carbonyl (C=O) groups excluding carboxylic acids is 2. The van der Waals surface area contributed by atoms with Gasteiger partial charge in [-0.3, -0.25) is 9.59 Å². The summed E-state index contributed by atoms with van der Waals surface area (Å²) in [6.45, 7) is 18.1. The maximum atomic E-state index is 14.0. The first-order valence-electron chi connectivity index (χ1n) is 18.3. The lowest BCUT2D eigenvalue weighted by atomic mass is 9.74. The van der Waals surface area contributed by atoms with Gasteiger partial charge in [0, 0.05) is 49.7 Å². The highest BCUT2D eigenvalue weighted by molar-refractivity contribution is 5.83. The molecular formula is C37H67NO11. The van der Waals surface area contributed by atoms with Gasteiger partial charge < -0.3 is 48.6 Å². The van der Waals surface area contributed by atoms with E-state index in [0.29, 0.717) is 25.7 Å². The van der Waals surface area contributed by atoms with Crippen molar-refractivity contribution >= 4 is 11.8 Å². The molecule has 3 aliphatic rings. The van der Waals surface area contributed by atoms with Crippen LogP contribution in [0.2, 0.25) is 0 Å². The number of esters is 1. The largest absolute Gasteiger partial charge is 0.462 e. The molecule has 0 aromatic heterocycles. The van der Waals surface area contributed by atoms with Gasteiger partial charge in [0.25, 0.3) is 0 Å².